The lowest BCUT2D eigenvalue weighted by atomic mass is 9.83. The van der Waals surface area contributed by atoms with Crippen LogP contribution in [-0.2, 0) is 0 Å². The molecule has 126 valence electrons. The van der Waals surface area contributed by atoms with Gasteiger partial charge in [0.15, 0.2) is 0 Å². The molecule has 0 fully saturated rings. The highest BCUT2D eigenvalue weighted by atomic mass is 19.4. The first-order valence-electron chi connectivity index (χ1n) is 6.09. The summed E-state index contributed by atoms with van der Waals surface area (Å²) in [5.41, 5.74) is 5.31. The molecule has 1 atom stereocenters. The Bertz CT molecular complexity index is 484. The molecule has 9 heteroatoms. The molecule has 22 heavy (non-hydrogen) atoms. The second-order valence-electron chi connectivity index (χ2n) is 5.68. The predicted molar refractivity (Wildman–Crippen MR) is 66.2 cm³/mol. The van der Waals surface area contributed by atoms with Gasteiger partial charge in [-0.15, -0.1) is 26.3 Å². The Balaban J connectivity index is 3.26. The van der Waals surface area contributed by atoms with Gasteiger partial charge >= 0.3 is 12.7 Å². The fraction of sp³-hybridized carbons (Fsp3) is 0.538. The van der Waals surface area contributed by atoms with Crippen LogP contribution in [0.1, 0.15) is 32.4 Å². The van der Waals surface area contributed by atoms with Crippen LogP contribution in [0.3, 0.4) is 0 Å². The van der Waals surface area contributed by atoms with Crippen molar-refractivity contribution < 1.29 is 35.8 Å². The second kappa shape index (κ2) is 5.86. The number of benzene rings is 1. The van der Waals surface area contributed by atoms with Crippen LogP contribution in [0.25, 0.3) is 0 Å². The van der Waals surface area contributed by atoms with Crippen LogP contribution in [0.5, 0.6) is 11.5 Å². The van der Waals surface area contributed by atoms with Crippen LogP contribution in [0, 0.1) is 5.41 Å². The van der Waals surface area contributed by atoms with E-state index in [4.69, 9.17) is 5.73 Å². The van der Waals surface area contributed by atoms with Crippen molar-refractivity contribution in [3.8, 4) is 11.5 Å². The summed E-state index contributed by atoms with van der Waals surface area (Å²) in [7, 11) is 0. The molecule has 0 saturated heterocycles. The molecule has 0 spiro atoms. The zero-order valence-corrected chi connectivity index (χ0v) is 12.0. The van der Waals surface area contributed by atoms with Crippen LogP contribution in [0.2, 0.25) is 0 Å². The lowest BCUT2D eigenvalue weighted by Crippen LogP contribution is -2.27. The van der Waals surface area contributed by atoms with Gasteiger partial charge in [0.05, 0.1) is 0 Å². The van der Waals surface area contributed by atoms with Gasteiger partial charge < -0.3 is 15.2 Å². The van der Waals surface area contributed by atoms with Crippen molar-refractivity contribution in [3.63, 3.8) is 0 Å². The van der Waals surface area contributed by atoms with Crippen LogP contribution in [0.15, 0.2) is 18.2 Å². The molecular formula is C13H15F6NO2. The molecular weight excluding hydrogens is 316 g/mol. The summed E-state index contributed by atoms with van der Waals surface area (Å²) < 4.78 is 80.9. The van der Waals surface area contributed by atoms with E-state index in [1.54, 1.807) is 20.8 Å². The molecule has 0 saturated carbocycles. The Morgan fingerprint density at radius 1 is 0.818 bits per heavy atom. The minimum absolute atomic E-state index is 0.0356. The first-order valence-corrected chi connectivity index (χ1v) is 6.09. The number of rotatable bonds is 3. The third-order valence-corrected chi connectivity index (χ3v) is 2.66. The number of hydrogen-bond acceptors (Lipinski definition) is 3. The maximum atomic E-state index is 12.3. The summed E-state index contributed by atoms with van der Waals surface area (Å²) in [6.45, 7) is 5.08. The predicted octanol–water partition coefficient (Wildman–Crippen LogP) is 4.53. The lowest BCUT2D eigenvalue weighted by Gasteiger charge is -2.28. The Morgan fingerprint density at radius 2 is 1.18 bits per heavy atom. The van der Waals surface area contributed by atoms with Crippen molar-refractivity contribution >= 4 is 0 Å². The van der Waals surface area contributed by atoms with E-state index < -0.39 is 35.7 Å². The monoisotopic (exact) mass is 331 g/mol. The number of ether oxygens (including phenoxy) is 2. The van der Waals surface area contributed by atoms with E-state index in [0.717, 1.165) is 12.1 Å². The van der Waals surface area contributed by atoms with Crippen molar-refractivity contribution in [1.29, 1.82) is 0 Å². The van der Waals surface area contributed by atoms with Crippen LogP contribution in [0.4, 0.5) is 26.3 Å². The smallest absolute Gasteiger partial charge is 0.406 e. The highest BCUT2D eigenvalue weighted by molar-refractivity contribution is 5.40. The molecule has 1 aromatic carbocycles. The van der Waals surface area contributed by atoms with Crippen LogP contribution in [-0.4, -0.2) is 12.7 Å². The number of hydrogen-bond donors (Lipinski definition) is 1. The number of halogens is 6. The molecule has 0 aliphatic heterocycles. The summed E-state index contributed by atoms with van der Waals surface area (Å²) in [4.78, 5) is 0. The molecule has 1 aromatic rings. The molecule has 2 N–H and O–H groups in total. The zero-order valence-electron chi connectivity index (χ0n) is 12.0. The normalized spacial score (nSPS) is 14.6. The van der Waals surface area contributed by atoms with E-state index in [9.17, 15) is 26.3 Å². The van der Waals surface area contributed by atoms with Crippen LogP contribution < -0.4 is 15.2 Å². The quantitative estimate of drug-likeness (QED) is 0.828. The Morgan fingerprint density at radius 3 is 1.45 bits per heavy atom. The van der Waals surface area contributed by atoms with Gasteiger partial charge in [0.2, 0.25) is 0 Å². The van der Waals surface area contributed by atoms with Gasteiger partial charge in [-0.05, 0) is 23.1 Å². The van der Waals surface area contributed by atoms with Gasteiger partial charge in [-0.1, -0.05) is 20.8 Å². The van der Waals surface area contributed by atoms with Crippen molar-refractivity contribution in [2.24, 2.45) is 11.1 Å². The van der Waals surface area contributed by atoms with Gasteiger partial charge in [0, 0.05) is 12.1 Å². The summed E-state index contributed by atoms with van der Waals surface area (Å²) in [6.07, 6.45) is -10.1. The first-order chi connectivity index (χ1) is 9.67. The first kappa shape index (κ1) is 18.4. The molecule has 0 aromatic heterocycles. The third-order valence-electron chi connectivity index (χ3n) is 2.66. The van der Waals surface area contributed by atoms with Crippen molar-refractivity contribution in [3.05, 3.63) is 23.8 Å². The lowest BCUT2D eigenvalue weighted by molar-refractivity contribution is -0.276. The topological polar surface area (TPSA) is 44.5 Å². The van der Waals surface area contributed by atoms with E-state index in [0.29, 0.717) is 6.07 Å². The SMILES string of the molecule is CC(C)(C)C(N)c1cc(OC(F)(F)F)cc(OC(F)(F)F)c1. The van der Waals surface area contributed by atoms with E-state index >= 15 is 0 Å². The summed E-state index contributed by atoms with van der Waals surface area (Å²) in [5.74, 6) is -1.66. The van der Waals surface area contributed by atoms with Gasteiger partial charge in [-0.3, -0.25) is 0 Å². The number of nitrogens with two attached hydrogens (primary N) is 1. The minimum Gasteiger partial charge on any atom is -0.406 e. The van der Waals surface area contributed by atoms with E-state index in [2.05, 4.69) is 9.47 Å². The van der Waals surface area contributed by atoms with E-state index in [-0.39, 0.29) is 5.56 Å². The largest absolute Gasteiger partial charge is 0.573 e. The number of alkyl halides is 6. The fourth-order valence-corrected chi connectivity index (χ4v) is 1.66. The Kier molecular flexibility index (Phi) is 4.91. The highest BCUT2D eigenvalue weighted by Crippen LogP contribution is 2.37. The summed E-state index contributed by atoms with van der Waals surface area (Å²) in [5, 5.41) is 0. The van der Waals surface area contributed by atoms with E-state index in [1.807, 2.05) is 0 Å². The average Bonchev–Trinajstić information content (AvgIpc) is 2.21. The zero-order chi connectivity index (χ0) is 17.3. The molecule has 1 rings (SSSR count). The van der Waals surface area contributed by atoms with Crippen LogP contribution >= 0.6 is 0 Å². The van der Waals surface area contributed by atoms with Gasteiger partial charge in [0.25, 0.3) is 0 Å². The molecule has 0 heterocycles. The van der Waals surface area contributed by atoms with Crippen molar-refractivity contribution in [2.45, 2.75) is 39.5 Å². The molecule has 0 aliphatic rings. The van der Waals surface area contributed by atoms with Crippen molar-refractivity contribution in [1.82, 2.24) is 0 Å². The maximum Gasteiger partial charge on any atom is 0.573 e. The maximum absolute atomic E-state index is 12.3. The molecule has 3 nitrogen and oxygen atoms in total. The second-order valence-corrected chi connectivity index (χ2v) is 5.68. The van der Waals surface area contributed by atoms with Gasteiger partial charge in [-0.25, -0.2) is 0 Å². The third kappa shape index (κ3) is 6.00. The van der Waals surface area contributed by atoms with Crippen molar-refractivity contribution in [2.75, 3.05) is 0 Å². The Hall–Kier alpha value is -1.64. The summed E-state index contributed by atoms with van der Waals surface area (Å²) in [6, 6.07) is 1.55. The molecule has 0 aliphatic carbocycles. The van der Waals surface area contributed by atoms with Gasteiger partial charge in [-0.2, -0.15) is 0 Å². The molecule has 0 amide bonds. The molecule has 0 radical (unpaired) electrons. The molecule has 1 unspecified atom stereocenters. The highest BCUT2D eigenvalue weighted by Gasteiger charge is 2.34. The average molecular weight is 331 g/mol. The fourth-order valence-electron chi connectivity index (χ4n) is 1.66. The molecule has 0 bridgehead atoms. The Labute approximate surface area is 123 Å². The summed E-state index contributed by atoms with van der Waals surface area (Å²) >= 11 is 0. The standard InChI is InChI=1S/C13H15F6NO2/c1-11(2,3)10(20)7-4-8(21-12(14,15)16)6-9(5-7)22-13(17,18)19/h4-6,10H,20H2,1-3H3. The van der Waals surface area contributed by atoms with E-state index in [1.165, 1.54) is 0 Å². The minimum atomic E-state index is -5.04. The van der Waals surface area contributed by atoms with Gasteiger partial charge in [0.1, 0.15) is 11.5 Å².